The van der Waals surface area contributed by atoms with Crippen LogP contribution in [0.15, 0.2) is 35.8 Å². The SMILES string of the molecule is O=C(c1cccs1)N1CCC(c2nc3ccc(N4CCCC4)cn3n2)CC1. The van der Waals surface area contributed by atoms with E-state index in [1.807, 2.05) is 26.9 Å². The predicted molar refractivity (Wildman–Crippen MR) is 107 cm³/mol. The molecule has 5 rings (SSSR count). The third-order valence-electron chi connectivity index (χ3n) is 5.68. The maximum absolute atomic E-state index is 12.5. The zero-order valence-electron chi connectivity index (χ0n) is 15.3. The van der Waals surface area contributed by atoms with Gasteiger partial charge in [-0.05, 0) is 49.3 Å². The van der Waals surface area contributed by atoms with Crippen LogP contribution in [0.1, 0.15) is 47.1 Å². The fourth-order valence-corrected chi connectivity index (χ4v) is 4.81. The fourth-order valence-electron chi connectivity index (χ4n) is 4.12. The van der Waals surface area contributed by atoms with Gasteiger partial charge in [0.1, 0.15) is 0 Å². The maximum Gasteiger partial charge on any atom is 0.263 e. The van der Waals surface area contributed by atoms with E-state index < -0.39 is 0 Å². The van der Waals surface area contributed by atoms with Gasteiger partial charge >= 0.3 is 0 Å². The van der Waals surface area contributed by atoms with E-state index in [1.165, 1.54) is 29.9 Å². The predicted octanol–water partition coefficient (Wildman–Crippen LogP) is 3.41. The number of piperidine rings is 1. The first-order chi connectivity index (χ1) is 13.3. The van der Waals surface area contributed by atoms with Crippen LogP contribution in [0.25, 0.3) is 5.65 Å². The highest BCUT2D eigenvalue weighted by molar-refractivity contribution is 7.12. The highest BCUT2D eigenvalue weighted by Gasteiger charge is 2.27. The lowest BCUT2D eigenvalue weighted by Gasteiger charge is -2.30. The number of amides is 1. The number of fused-ring (bicyclic) bond motifs is 1. The number of aromatic nitrogens is 3. The Bertz CT molecular complexity index is 937. The number of rotatable bonds is 3. The van der Waals surface area contributed by atoms with Crippen molar-refractivity contribution >= 4 is 28.6 Å². The highest BCUT2D eigenvalue weighted by atomic mass is 32.1. The zero-order valence-corrected chi connectivity index (χ0v) is 16.1. The van der Waals surface area contributed by atoms with Crippen LogP contribution in [0.5, 0.6) is 0 Å². The van der Waals surface area contributed by atoms with E-state index in [2.05, 4.69) is 23.2 Å². The molecule has 0 aliphatic carbocycles. The minimum absolute atomic E-state index is 0.154. The van der Waals surface area contributed by atoms with Gasteiger partial charge in [-0.2, -0.15) is 5.10 Å². The molecule has 2 saturated heterocycles. The summed E-state index contributed by atoms with van der Waals surface area (Å²) in [5.74, 6) is 1.39. The number of anilines is 1. The molecule has 0 aromatic carbocycles. The second-order valence-electron chi connectivity index (χ2n) is 7.40. The van der Waals surface area contributed by atoms with Gasteiger partial charge < -0.3 is 9.80 Å². The van der Waals surface area contributed by atoms with Crippen molar-refractivity contribution in [1.29, 1.82) is 0 Å². The molecule has 1 amide bonds. The molecule has 5 heterocycles. The topological polar surface area (TPSA) is 53.7 Å². The van der Waals surface area contributed by atoms with Crippen LogP contribution in [0, 0.1) is 0 Å². The van der Waals surface area contributed by atoms with Gasteiger partial charge in [-0.15, -0.1) is 11.3 Å². The summed E-state index contributed by atoms with van der Waals surface area (Å²) < 4.78 is 1.92. The lowest BCUT2D eigenvalue weighted by Crippen LogP contribution is -2.37. The van der Waals surface area contributed by atoms with Crippen LogP contribution < -0.4 is 4.90 Å². The molecule has 2 aliphatic heterocycles. The molecule has 0 radical (unpaired) electrons. The standard InChI is InChI=1S/C20H23N5OS/c26-20(17-4-3-13-27-17)24-11-7-15(8-12-24)19-21-18-6-5-16(14-25(18)22-19)23-9-1-2-10-23/h3-6,13-15H,1-2,7-12H2. The average Bonchev–Trinajstić information content (AvgIpc) is 3.48. The Morgan fingerprint density at radius 2 is 1.89 bits per heavy atom. The van der Waals surface area contributed by atoms with Crippen molar-refractivity contribution in [2.24, 2.45) is 0 Å². The highest BCUT2D eigenvalue weighted by Crippen LogP contribution is 2.28. The number of nitrogens with zero attached hydrogens (tertiary/aromatic N) is 5. The van der Waals surface area contributed by atoms with Crippen molar-refractivity contribution in [2.45, 2.75) is 31.6 Å². The van der Waals surface area contributed by atoms with Crippen molar-refractivity contribution in [3.05, 3.63) is 46.5 Å². The summed E-state index contributed by atoms with van der Waals surface area (Å²) in [4.78, 5) is 22.5. The number of likely N-dealkylation sites (tertiary alicyclic amines) is 1. The number of pyridine rings is 1. The lowest BCUT2D eigenvalue weighted by molar-refractivity contribution is 0.0716. The van der Waals surface area contributed by atoms with Crippen LogP contribution >= 0.6 is 11.3 Å². The van der Waals surface area contributed by atoms with Gasteiger partial charge in [0.05, 0.1) is 16.8 Å². The van der Waals surface area contributed by atoms with Gasteiger partial charge in [0, 0.05) is 32.1 Å². The Balaban J connectivity index is 1.29. The first kappa shape index (κ1) is 16.7. The number of hydrogen-bond donors (Lipinski definition) is 0. The van der Waals surface area contributed by atoms with Crippen LogP contribution in [-0.2, 0) is 0 Å². The van der Waals surface area contributed by atoms with Crippen molar-refractivity contribution in [2.75, 3.05) is 31.1 Å². The summed E-state index contributed by atoms with van der Waals surface area (Å²) >= 11 is 1.51. The lowest BCUT2D eigenvalue weighted by atomic mass is 9.96. The minimum atomic E-state index is 0.154. The van der Waals surface area contributed by atoms with E-state index in [0.29, 0.717) is 5.92 Å². The average molecular weight is 382 g/mol. The smallest absolute Gasteiger partial charge is 0.263 e. The van der Waals surface area contributed by atoms with Crippen molar-refractivity contribution in [3.63, 3.8) is 0 Å². The summed E-state index contributed by atoms with van der Waals surface area (Å²) in [6.45, 7) is 3.81. The Labute approximate surface area is 162 Å². The summed E-state index contributed by atoms with van der Waals surface area (Å²) in [6.07, 6.45) is 6.49. The quantitative estimate of drug-likeness (QED) is 0.698. The molecule has 0 unspecified atom stereocenters. The molecular formula is C20H23N5OS. The summed E-state index contributed by atoms with van der Waals surface area (Å²) in [7, 11) is 0. The first-order valence-corrected chi connectivity index (χ1v) is 10.6. The van der Waals surface area contributed by atoms with E-state index in [-0.39, 0.29) is 5.91 Å². The molecule has 0 N–H and O–H groups in total. The maximum atomic E-state index is 12.5. The fraction of sp³-hybridized carbons (Fsp3) is 0.450. The van der Waals surface area contributed by atoms with E-state index in [0.717, 1.165) is 55.4 Å². The number of carbonyl (C=O) groups excluding carboxylic acids is 1. The molecule has 7 heteroatoms. The molecule has 3 aromatic heterocycles. The molecule has 0 bridgehead atoms. The molecule has 0 spiro atoms. The van der Waals surface area contributed by atoms with Crippen LogP contribution in [0.4, 0.5) is 5.69 Å². The summed E-state index contributed by atoms with van der Waals surface area (Å²) in [6, 6.07) is 8.06. The monoisotopic (exact) mass is 381 g/mol. The Kier molecular flexibility index (Phi) is 4.32. The number of hydrogen-bond acceptors (Lipinski definition) is 5. The van der Waals surface area contributed by atoms with Crippen LogP contribution in [-0.4, -0.2) is 51.6 Å². The Morgan fingerprint density at radius 3 is 2.63 bits per heavy atom. The van der Waals surface area contributed by atoms with Gasteiger partial charge in [-0.3, -0.25) is 4.79 Å². The van der Waals surface area contributed by atoms with Crippen molar-refractivity contribution in [3.8, 4) is 0 Å². The van der Waals surface area contributed by atoms with Crippen LogP contribution in [0.3, 0.4) is 0 Å². The third kappa shape index (κ3) is 3.20. The van der Waals surface area contributed by atoms with Gasteiger partial charge in [0.2, 0.25) is 0 Å². The largest absolute Gasteiger partial charge is 0.370 e. The molecule has 0 atom stereocenters. The van der Waals surface area contributed by atoms with E-state index in [9.17, 15) is 4.79 Å². The Hall–Kier alpha value is -2.41. The van der Waals surface area contributed by atoms with Crippen molar-refractivity contribution < 1.29 is 4.79 Å². The molecule has 6 nitrogen and oxygen atoms in total. The molecule has 27 heavy (non-hydrogen) atoms. The second-order valence-corrected chi connectivity index (χ2v) is 8.35. The summed E-state index contributed by atoms with van der Waals surface area (Å²) in [5, 5.41) is 6.72. The first-order valence-electron chi connectivity index (χ1n) is 9.72. The molecule has 2 aliphatic rings. The van der Waals surface area contributed by atoms with E-state index in [1.54, 1.807) is 0 Å². The van der Waals surface area contributed by atoms with Gasteiger partial charge in [0.15, 0.2) is 11.5 Å². The molecule has 2 fully saturated rings. The van der Waals surface area contributed by atoms with E-state index >= 15 is 0 Å². The molecule has 140 valence electrons. The summed E-state index contributed by atoms with van der Waals surface area (Å²) in [5.41, 5.74) is 2.14. The number of carbonyl (C=O) groups is 1. The Morgan fingerprint density at radius 1 is 1.07 bits per heavy atom. The normalized spacial score (nSPS) is 18.5. The van der Waals surface area contributed by atoms with Gasteiger partial charge in [0.25, 0.3) is 5.91 Å². The third-order valence-corrected chi connectivity index (χ3v) is 6.54. The minimum Gasteiger partial charge on any atom is -0.370 e. The van der Waals surface area contributed by atoms with Crippen LogP contribution in [0.2, 0.25) is 0 Å². The molecule has 3 aromatic rings. The zero-order chi connectivity index (χ0) is 18.2. The van der Waals surface area contributed by atoms with Crippen molar-refractivity contribution in [1.82, 2.24) is 19.5 Å². The van der Waals surface area contributed by atoms with Gasteiger partial charge in [-0.1, -0.05) is 6.07 Å². The van der Waals surface area contributed by atoms with E-state index in [4.69, 9.17) is 10.1 Å². The molecule has 0 saturated carbocycles. The number of thiophene rings is 1. The molecular weight excluding hydrogens is 358 g/mol. The second kappa shape index (κ2) is 6.96. The van der Waals surface area contributed by atoms with Gasteiger partial charge in [-0.25, -0.2) is 9.50 Å².